The molecule has 1 aromatic carbocycles. The third-order valence-corrected chi connectivity index (χ3v) is 3.15. The van der Waals surface area contributed by atoms with Gasteiger partial charge in [-0.2, -0.15) is 0 Å². The lowest BCUT2D eigenvalue weighted by atomic mass is 10.1. The highest BCUT2D eigenvalue weighted by Crippen LogP contribution is 2.18. The molecule has 0 aliphatic rings. The Balaban J connectivity index is 1.93. The van der Waals surface area contributed by atoms with Gasteiger partial charge < -0.3 is 10.2 Å². The number of hydrogen-bond donors (Lipinski definition) is 1. The normalized spacial score (nSPS) is 12.5. The van der Waals surface area contributed by atoms with E-state index < -0.39 is 0 Å². The van der Waals surface area contributed by atoms with E-state index in [4.69, 9.17) is 10.2 Å². The average Bonchev–Trinajstić information content (AvgIpc) is 2.92. The van der Waals surface area contributed by atoms with Crippen LogP contribution in [0.4, 0.5) is 0 Å². The number of rotatable bonds is 7. The zero-order chi connectivity index (χ0) is 13.5. The molecule has 0 saturated carbocycles. The third-order valence-electron chi connectivity index (χ3n) is 3.15. The summed E-state index contributed by atoms with van der Waals surface area (Å²) in [6.07, 6.45) is 5.63. The minimum absolute atomic E-state index is 0.335. The van der Waals surface area contributed by atoms with Crippen molar-refractivity contribution in [2.24, 2.45) is 5.73 Å². The summed E-state index contributed by atoms with van der Waals surface area (Å²) < 4.78 is 5.63. The van der Waals surface area contributed by atoms with Crippen LogP contribution in [0.25, 0.3) is 0 Å². The molecule has 0 fully saturated rings. The molecule has 1 heterocycles. The molecule has 0 aliphatic carbocycles. The lowest BCUT2D eigenvalue weighted by Crippen LogP contribution is -2.11. The number of aromatic nitrogens is 2. The van der Waals surface area contributed by atoms with Crippen molar-refractivity contribution >= 4 is 0 Å². The van der Waals surface area contributed by atoms with Crippen molar-refractivity contribution < 1.29 is 4.42 Å². The maximum atomic E-state index is 6.11. The van der Waals surface area contributed by atoms with Crippen LogP contribution in [0.5, 0.6) is 0 Å². The fourth-order valence-corrected chi connectivity index (χ4v) is 2.00. The second kappa shape index (κ2) is 7.04. The van der Waals surface area contributed by atoms with Gasteiger partial charge in [0.25, 0.3) is 0 Å². The summed E-state index contributed by atoms with van der Waals surface area (Å²) in [6.45, 7) is 2.20. The highest BCUT2D eigenvalue weighted by molar-refractivity contribution is 5.22. The topological polar surface area (TPSA) is 64.9 Å². The predicted molar refractivity (Wildman–Crippen MR) is 74.6 cm³/mol. The molecule has 1 aromatic heterocycles. The van der Waals surface area contributed by atoms with Crippen LogP contribution in [0.2, 0.25) is 0 Å². The standard InChI is InChI=1S/C15H21N3O/c1-2-3-4-8-11-13-17-18-15(19-13)14(16)12-9-6-5-7-10-12/h5-7,9-10,14H,2-4,8,11,16H2,1H3. The van der Waals surface area contributed by atoms with Crippen molar-refractivity contribution in [3.63, 3.8) is 0 Å². The first-order chi connectivity index (χ1) is 9.31. The van der Waals surface area contributed by atoms with E-state index in [1.54, 1.807) is 0 Å². The van der Waals surface area contributed by atoms with E-state index in [9.17, 15) is 0 Å². The fraction of sp³-hybridized carbons (Fsp3) is 0.467. The van der Waals surface area contributed by atoms with Crippen LogP contribution in [0.15, 0.2) is 34.7 Å². The van der Waals surface area contributed by atoms with Gasteiger partial charge in [-0.3, -0.25) is 0 Å². The van der Waals surface area contributed by atoms with Gasteiger partial charge >= 0.3 is 0 Å². The van der Waals surface area contributed by atoms with Crippen LogP contribution in [-0.4, -0.2) is 10.2 Å². The summed E-state index contributed by atoms with van der Waals surface area (Å²) in [5.41, 5.74) is 7.10. The average molecular weight is 259 g/mol. The van der Waals surface area contributed by atoms with E-state index in [2.05, 4.69) is 17.1 Å². The molecule has 2 N–H and O–H groups in total. The van der Waals surface area contributed by atoms with E-state index in [1.165, 1.54) is 19.3 Å². The van der Waals surface area contributed by atoms with Crippen LogP contribution >= 0.6 is 0 Å². The number of aryl methyl sites for hydroxylation is 1. The SMILES string of the molecule is CCCCCCc1nnc(C(N)c2ccccc2)o1. The Morgan fingerprint density at radius 2 is 1.89 bits per heavy atom. The van der Waals surface area contributed by atoms with E-state index in [-0.39, 0.29) is 6.04 Å². The van der Waals surface area contributed by atoms with Crippen molar-refractivity contribution in [3.05, 3.63) is 47.7 Å². The number of unbranched alkanes of at least 4 members (excludes halogenated alkanes) is 3. The molecule has 2 aromatic rings. The molecule has 2 rings (SSSR count). The Hall–Kier alpha value is -1.68. The largest absolute Gasteiger partial charge is 0.423 e. The van der Waals surface area contributed by atoms with Crippen molar-refractivity contribution in [2.75, 3.05) is 0 Å². The van der Waals surface area contributed by atoms with Crippen molar-refractivity contribution in [2.45, 2.75) is 45.1 Å². The van der Waals surface area contributed by atoms with Crippen molar-refractivity contribution in [3.8, 4) is 0 Å². The molecule has 4 heteroatoms. The van der Waals surface area contributed by atoms with Crippen LogP contribution in [0.1, 0.15) is 56.0 Å². The molecule has 0 aliphatic heterocycles. The summed E-state index contributed by atoms with van der Waals surface area (Å²) in [4.78, 5) is 0. The van der Waals surface area contributed by atoms with Crippen LogP contribution in [0, 0.1) is 0 Å². The van der Waals surface area contributed by atoms with Crippen molar-refractivity contribution in [1.29, 1.82) is 0 Å². The van der Waals surface area contributed by atoms with E-state index in [1.807, 2.05) is 30.3 Å². The molecule has 0 radical (unpaired) electrons. The molecule has 0 saturated heterocycles. The quantitative estimate of drug-likeness (QED) is 0.775. The summed E-state index contributed by atoms with van der Waals surface area (Å²) in [5.74, 6) is 1.19. The van der Waals surface area contributed by atoms with Gasteiger partial charge in [-0.05, 0) is 12.0 Å². The van der Waals surface area contributed by atoms with Gasteiger partial charge in [0.1, 0.15) is 6.04 Å². The fourth-order valence-electron chi connectivity index (χ4n) is 2.00. The van der Waals surface area contributed by atoms with Gasteiger partial charge in [0.15, 0.2) is 0 Å². The lowest BCUT2D eigenvalue weighted by Gasteiger charge is -2.06. The van der Waals surface area contributed by atoms with Crippen LogP contribution in [-0.2, 0) is 6.42 Å². The molecule has 0 bridgehead atoms. The molecular weight excluding hydrogens is 238 g/mol. The third kappa shape index (κ3) is 3.89. The van der Waals surface area contributed by atoms with Crippen molar-refractivity contribution in [1.82, 2.24) is 10.2 Å². The monoisotopic (exact) mass is 259 g/mol. The molecular formula is C15H21N3O. The number of nitrogens with zero attached hydrogens (tertiary/aromatic N) is 2. The first kappa shape index (κ1) is 13.7. The first-order valence-corrected chi connectivity index (χ1v) is 6.94. The molecule has 4 nitrogen and oxygen atoms in total. The van der Waals surface area contributed by atoms with Gasteiger partial charge in [-0.15, -0.1) is 10.2 Å². The molecule has 0 spiro atoms. The van der Waals surface area contributed by atoms with Gasteiger partial charge in [-0.25, -0.2) is 0 Å². The maximum Gasteiger partial charge on any atom is 0.237 e. The second-order valence-corrected chi connectivity index (χ2v) is 4.73. The summed E-state index contributed by atoms with van der Waals surface area (Å²) >= 11 is 0. The highest BCUT2D eigenvalue weighted by atomic mass is 16.4. The van der Waals surface area contributed by atoms with Crippen LogP contribution < -0.4 is 5.73 Å². The van der Waals surface area contributed by atoms with E-state index >= 15 is 0 Å². The Morgan fingerprint density at radius 1 is 1.11 bits per heavy atom. The Bertz CT molecular complexity index is 481. The summed E-state index contributed by atoms with van der Waals surface area (Å²) in [5, 5.41) is 8.11. The minimum Gasteiger partial charge on any atom is -0.423 e. The van der Waals surface area contributed by atoms with Gasteiger partial charge in [0.2, 0.25) is 11.8 Å². The molecule has 0 amide bonds. The Kier molecular flexibility index (Phi) is 5.10. The van der Waals surface area contributed by atoms with Gasteiger partial charge in [0.05, 0.1) is 0 Å². The molecule has 19 heavy (non-hydrogen) atoms. The predicted octanol–water partition coefficient (Wildman–Crippen LogP) is 3.24. The molecule has 102 valence electrons. The number of hydrogen-bond acceptors (Lipinski definition) is 4. The van der Waals surface area contributed by atoms with E-state index in [0.717, 1.165) is 18.4 Å². The Morgan fingerprint density at radius 3 is 2.63 bits per heavy atom. The molecule has 1 unspecified atom stereocenters. The number of benzene rings is 1. The lowest BCUT2D eigenvalue weighted by molar-refractivity contribution is 0.427. The minimum atomic E-state index is -0.335. The van der Waals surface area contributed by atoms with E-state index in [0.29, 0.717) is 11.8 Å². The highest BCUT2D eigenvalue weighted by Gasteiger charge is 2.15. The Labute approximate surface area is 114 Å². The summed E-state index contributed by atoms with van der Waals surface area (Å²) in [6, 6.07) is 9.47. The van der Waals surface area contributed by atoms with Crippen LogP contribution in [0.3, 0.4) is 0 Å². The summed E-state index contributed by atoms with van der Waals surface area (Å²) in [7, 11) is 0. The smallest absolute Gasteiger partial charge is 0.237 e. The first-order valence-electron chi connectivity index (χ1n) is 6.94. The number of nitrogens with two attached hydrogens (primary N) is 1. The zero-order valence-electron chi connectivity index (χ0n) is 11.4. The zero-order valence-corrected chi connectivity index (χ0v) is 11.4. The van der Waals surface area contributed by atoms with Gasteiger partial charge in [0, 0.05) is 6.42 Å². The second-order valence-electron chi connectivity index (χ2n) is 4.73. The maximum absolute atomic E-state index is 6.11. The van der Waals surface area contributed by atoms with Gasteiger partial charge in [-0.1, -0.05) is 56.5 Å². The molecule has 1 atom stereocenters.